The molecule has 0 unspecified atom stereocenters. The Morgan fingerprint density at radius 3 is 2.92 bits per heavy atom. The molecule has 0 aromatic carbocycles. The van der Waals surface area contributed by atoms with Crippen LogP contribution in [0.5, 0.6) is 0 Å². The maximum absolute atomic E-state index is 12.1. The second-order valence-electron chi connectivity index (χ2n) is 6.13. The van der Waals surface area contributed by atoms with Crippen LogP contribution in [-0.4, -0.2) is 41.7 Å². The van der Waals surface area contributed by atoms with Crippen molar-refractivity contribution in [3.8, 4) is 0 Å². The number of anilines is 1. The molecule has 6 nitrogen and oxygen atoms in total. The van der Waals surface area contributed by atoms with Gasteiger partial charge in [0.25, 0.3) is 5.91 Å². The van der Waals surface area contributed by atoms with Crippen LogP contribution in [0, 0.1) is 0 Å². The molecule has 0 aliphatic carbocycles. The first-order valence-electron chi connectivity index (χ1n) is 8.81. The van der Waals surface area contributed by atoms with Crippen molar-refractivity contribution in [2.45, 2.75) is 31.8 Å². The lowest BCUT2D eigenvalue weighted by Crippen LogP contribution is -2.25. The molecule has 1 fully saturated rings. The van der Waals surface area contributed by atoms with Crippen molar-refractivity contribution in [2.24, 2.45) is 0 Å². The van der Waals surface area contributed by atoms with E-state index in [0.29, 0.717) is 12.1 Å². The van der Waals surface area contributed by atoms with Gasteiger partial charge in [-0.3, -0.25) is 9.78 Å². The Hall–Kier alpha value is -2.47. The number of hydrogen-bond acceptors (Lipinski definition) is 5. The summed E-state index contributed by atoms with van der Waals surface area (Å²) in [5.74, 6) is 0.668. The molecule has 1 aliphatic heterocycles. The summed E-state index contributed by atoms with van der Waals surface area (Å²) in [7, 11) is 0. The highest BCUT2D eigenvalue weighted by molar-refractivity contribution is 5.94. The molecule has 1 atom stereocenters. The zero-order chi connectivity index (χ0) is 17.3. The first-order chi connectivity index (χ1) is 12.3. The lowest BCUT2D eigenvalue weighted by atomic mass is 10.2. The van der Waals surface area contributed by atoms with E-state index in [1.807, 2.05) is 24.3 Å². The Labute approximate surface area is 148 Å². The fourth-order valence-corrected chi connectivity index (χ4v) is 2.78. The van der Waals surface area contributed by atoms with Crippen molar-refractivity contribution in [3.63, 3.8) is 0 Å². The smallest absolute Gasteiger partial charge is 0.252 e. The standard InChI is InChI=1S/C19H24N4O2/c24-19(21-11-3-6-16-5-1-2-10-20-16)15-8-9-18(22-13-15)23-14-17-7-4-12-25-17/h1-2,5,8-10,13,17H,3-4,6-7,11-12,14H2,(H,21,24)(H,22,23)/t17-/m0/s1. The van der Waals surface area contributed by atoms with Crippen molar-refractivity contribution >= 4 is 11.7 Å². The summed E-state index contributed by atoms with van der Waals surface area (Å²) in [4.78, 5) is 20.7. The van der Waals surface area contributed by atoms with Gasteiger partial charge < -0.3 is 15.4 Å². The fourth-order valence-electron chi connectivity index (χ4n) is 2.78. The Morgan fingerprint density at radius 2 is 2.20 bits per heavy atom. The molecular formula is C19H24N4O2. The van der Waals surface area contributed by atoms with Gasteiger partial charge in [0.1, 0.15) is 5.82 Å². The maximum atomic E-state index is 12.1. The molecule has 3 rings (SSSR count). The van der Waals surface area contributed by atoms with Crippen LogP contribution in [0.4, 0.5) is 5.82 Å². The first kappa shape index (κ1) is 17.4. The molecule has 1 amide bonds. The van der Waals surface area contributed by atoms with Crippen molar-refractivity contribution in [1.82, 2.24) is 15.3 Å². The van der Waals surface area contributed by atoms with Crippen LogP contribution in [0.15, 0.2) is 42.7 Å². The molecule has 0 bridgehead atoms. The lowest BCUT2D eigenvalue weighted by molar-refractivity contribution is 0.0953. The zero-order valence-corrected chi connectivity index (χ0v) is 14.3. The summed E-state index contributed by atoms with van der Waals surface area (Å²) >= 11 is 0. The molecule has 0 saturated carbocycles. The fraction of sp³-hybridized carbons (Fsp3) is 0.421. The minimum atomic E-state index is -0.0980. The Morgan fingerprint density at radius 1 is 1.24 bits per heavy atom. The zero-order valence-electron chi connectivity index (χ0n) is 14.3. The summed E-state index contributed by atoms with van der Waals surface area (Å²) in [6.07, 6.45) is 7.58. The Balaban J connectivity index is 1.38. The van der Waals surface area contributed by atoms with Gasteiger partial charge in [0, 0.05) is 37.8 Å². The van der Waals surface area contributed by atoms with E-state index in [1.54, 1.807) is 18.5 Å². The second-order valence-corrected chi connectivity index (χ2v) is 6.13. The number of amides is 1. The van der Waals surface area contributed by atoms with Crippen LogP contribution in [0.2, 0.25) is 0 Å². The van der Waals surface area contributed by atoms with Gasteiger partial charge in [-0.25, -0.2) is 4.98 Å². The molecule has 1 saturated heterocycles. The molecule has 1 aliphatic rings. The number of ether oxygens (including phenoxy) is 1. The van der Waals surface area contributed by atoms with Gasteiger partial charge in [-0.1, -0.05) is 6.07 Å². The average Bonchev–Trinajstić information content (AvgIpc) is 3.18. The highest BCUT2D eigenvalue weighted by Gasteiger charge is 2.15. The number of nitrogens with one attached hydrogen (secondary N) is 2. The predicted molar refractivity (Wildman–Crippen MR) is 96.6 cm³/mol. The normalized spacial score (nSPS) is 16.6. The number of aryl methyl sites for hydroxylation is 1. The third-order valence-corrected chi connectivity index (χ3v) is 4.18. The van der Waals surface area contributed by atoms with Crippen molar-refractivity contribution in [3.05, 3.63) is 54.0 Å². The summed E-state index contributed by atoms with van der Waals surface area (Å²) in [5, 5.41) is 6.17. The van der Waals surface area contributed by atoms with Crippen LogP contribution in [0.1, 0.15) is 35.3 Å². The quantitative estimate of drug-likeness (QED) is 0.722. The van der Waals surface area contributed by atoms with Crippen LogP contribution in [0.25, 0.3) is 0 Å². The predicted octanol–water partition coefficient (Wildman–Crippen LogP) is 2.43. The van der Waals surface area contributed by atoms with Crippen LogP contribution in [0.3, 0.4) is 0 Å². The first-order valence-corrected chi connectivity index (χ1v) is 8.81. The van der Waals surface area contributed by atoms with Crippen molar-refractivity contribution in [2.75, 3.05) is 25.0 Å². The number of rotatable bonds is 8. The molecule has 2 aromatic heterocycles. The van der Waals surface area contributed by atoms with E-state index in [1.165, 1.54) is 0 Å². The largest absolute Gasteiger partial charge is 0.376 e. The van der Waals surface area contributed by atoms with E-state index in [9.17, 15) is 4.79 Å². The number of hydrogen-bond donors (Lipinski definition) is 2. The number of carbonyl (C=O) groups excluding carboxylic acids is 1. The van der Waals surface area contributed by atoms with E-state index < -0.39 is 0 Å². The van der Waals surface area contributed by atoms with Gasteiger partial charge in [0.15, 0.2) is 0 Å². The molecule has 132 valence electrons. The van der Waals surface area contributed by atoms with Gasteiger partial charge in [0.05, 0.1) is 11.7 Å². The third kappa shape index (κ3) is 5.53. The topological polar surface area (TPSA) is 76.1 Å². The SMILES string of the molecule is O=C(NCCCc1ccccn1)c1ccc(NC[C@@H]2CCCO2)nc1. The summed E-state index contributed by atoms with van der Waals surface area (Å²) in [5.41, 5.74) is 1.61. The molecule has 0 spiro atoms. The molecule has 6 heteroatoms. The summed E-state index contributed by atoms with van der Waals surface area (Å²) in [6, 6.07) is 9.49. The molecule has 2 N–H and O–H groups in total. The molecule has 2 aromatic rings. The molecular weight excluding hydrogens is 316 g/mol. The molecule has 25 heavy (non-hydrogen) atoms. The van der Waals surface area contributed by atoms with E-state index >= 15 is 0 Å². The van der Waals surface area contributed by atoms with Crippen LogP contribution < -0.4 is 10.6 Å². The highest BCUT2D eigenvalue weighted by atomic mass is 16.5. The minimum absolute atomic E-state index is 0.0980. The van der Waals surface area contributed by atoms with E-state index in [4.69, 9.17) is 4.74 Å². The third-order valence-electron chi connectivity index (χ3n) is 4.18. The maximum Gasteiger partial charge on any atom is 0.252 e. The average molecular weight is 340 g/mol. The Kier molecular flexibility index (Phi) is 6.34. The summed E-state index contributed by atoms with van der Waals surface area (Å²) in [6.45, 7) is 2.22. The second kappa shape index (κ2) is 9.13. The highest BCUT2D eigenvalue weighted by Crippen LogP contribution is 2.13. The minimum Gasteiger partial charge on any atom is -0.376 e. The van der Waals surface area contributed by atoms with Crippen LogP contribution in [-0.2, 0) is 11.2 Å². The summed E-state index contributed by atoms with van der Waals surface area (Å²) < 4.78 is 5.56. The van der Waals surface area contributed by atoms with Gasteiger partial charge in [-0.15, -0.1) is 0 Å². The van der Waals surface area contributed by atoms with Crippen molar-refractivity contribution < 1.29 is 9.53 Å². The monoisotopic (exact) mass is 340 g/mol. The molecule has 0 radical (unpaired) electrons. The van der Waals surface area contributed by atoms with Gasteiger partial charge >= 0.3 is 0 Å². The molecule has 3 heterocycles. The van der Waals surface area contributed by atoms with Gasteiger partial charge in [-0.2, -0.15) is 0 Å². The van der Waals surface area contributed by atoms with Crippen molar-refractivity contribution in [1.29, 1.82) is 0 Å². The Bertz CT molecular complexity index is 655. The number of pyridine rings is 2. The number of aromatic nitrogens is 2. The van der Waals surface area contributed by atoms with E-state index in [2.05, 4.69) is 20.6 Å². The van der Waals surface area contributed by atoms with Crippen LogP contribution >= 0.6 is 0 Å². The number of carbonyl (C=O) groups is 1. The van der Waals surface area contributed by atoms with E-state index in [0.717, 1.165) is 50.3 Å². The van der Waals surface area contributed by atoms with E-state index in [-0.39, 0.29) is 12.0 Å². The number of nitrogens with zero attached hydrogens (tertiary/aromatic N) is 2. The van der Waals surface area contributed by atoms with Gasteiger partial charge in [-0.05, 0) is 49.9 Å². The lowest BCUT2D eigenvalue weighted by Gasteiger charge is -2.11. The van der Waals surface area contributed by atoms with Gasteiger partial charge in [0.2, 0.25) is 0 Å².